The Morgan fingerprint density at radius 1 is 1.30 bits per heavy atom. The minimum absolute atomic E-state index is 0.308. The van der Waals surface area contributed by atoms with Crippen LogP contribution in [0.3, 0.4) is 0 Å². The first-order valence-electron chi connectivity index (χ1n) is 4.19. The van der Waals surface area contributed by atoms with E-state index in [1.165, 1.54) is 19.3 Å². The fourth-order valence-corrected chi connectivity index (χ4v) is 2.73. The molecule has 2 rings (SSSR count). The van der Waals surface area contributed by atoms with E-state index in [0.29, 0.717) is 18.6 Å². The molecule has 2 saturated carbocycles. The van der Waals surface area contributed by atoms with Gasteiger partial charge in [-0.25, -0.2) is 0 Å². The lowest BCUT2D eigenvalue weighted by atomic mass is 9.86. The molecule has 2 nitrogen and oxygen atoms in total. The summed E-state index contributed by atoms with van der Waals surface area (Å²) < 4.78 is 0. The molecule has 0 aromatic carbocycles. The van der Waals surface area contributed by atoms with Gasteiger partial charge in [0.05, 0.1) is 0 Å². The molecule has 0 spiro atoms. The highest BCUT2D eigenvalue weighted by atomic mass is 16.3. The average molecular weight is 141 g/mol. The van der Waals surface area contributed by atoms with E-state index in [0.717, 1.165) is 11.8 Å². The van der Waals surface area contributed by atoms with Crippen LogP contribution >= 0.6 is 0 Å². The minimum atomic E-state index is 0.308. The van der Waals surface area contributed by atoms with E-state index in [2.05, 4.69) is 0 Å². The summed E-state index contributed by atoms with van der Waals surface area (Å²) in [7, 11) is 0. The molecule has 2 bridgehead atoms. The molecule has 2 aliphatic rings. The maximum atomic E-state index is 8.98. The number of rotatable bonds is 1. The van der Waals surface area contributed by atoms with Crippen LogP contribution in [-0.2, 0) is 0 Å². The predicted octanol–water partition coefficient (Wildman–Crippen LogP) is 0.352. The Labute approximate surface area is 61.4 Å². The molecule has 10 heavy (non-hydrogen) atoms. The van der Waals surface area contributed by atoms with Crippen LogP contribution in [0.4, 0.5) is 0 Å². The third kappa shape index (κ3) is 0.722. The highest BCUT2D eigenvalue weighted by Crippen LogP contribution is 2.47. The summed E-state index contributed by atoms with van der Waals surface area (Å²) in [5.41, 5.74) is 5.91. The van der Waals surface area contributed by atoms with Crippen LogP contribution in [0.1, 0.15) is 19.3 Å². The Hall–Kier alpha value is -0.0800. The molecule has 0 amide bonds. The summed E-state index contributed by atoms with van der Waals surface area (Å²) in [6, 6.07) is 0.309. The molecule has 0 radical (unpaired) electrons. The lowest BCUT2D eigenvalue weighted by Gasteiger charge is -2.25. The number of hydrogen-bond donors (Lipinski definition) is 2. The minimum Gasteiger partial charge on any atom is -0.396 e. The van der Waals surface area contributed by atoms with Crippen LogP contribution in [0.5, 0.6) is 0 Å². The van der Waals surface area contributed by atoms with Crippen molar-refractivity contribution in [3.05, 3.63) is 0 Å². The summed E-state index contributed by atoms with van der Waals surface area (Å²) in [4.78, 5) is 0. The number of fused-ring (bicyclic) bond motifs is 2. The first kappa shape index (κ1) is 6.62. The van der Waals surface area contributed by atoms with E-state index in [4.69, 9.17) is 10.8 Å². The van der Waals surface area contributed by atoms with Crippen molar-refractivity contribution in [2.24, 2.45) is 23.5 Å². The Morgan fingerprint density at radius 2 is 2.00 bits per heavy atom. The van der Waals surface area contributed by atoms with Crippen molar-refractivity contribution in [2.75, 3.05) is 6.61 Å². The van der Waals surface area contributed by atoms with E-state index in [-0.39, 0.29) is 0 Å². The van der Waals surface area contributed by atoms with Gasteiger partial charge in [-0.1, -0.05) is 0 Å². The van der Waals surface area contributed by atoms with Crippen molar-refractivity contribution in [1.82, 2.24) is 0 Å². The van der Waals surface area contributed by atoms with Gasteiger partial charge < -0.3 is 10.8 Å². The van der Waals surface area contributed by atoms with Gasteiger partial charge in [0.1, 0.15) is 0 Å². The summed E-state index contributed by atoms with van der Waals surface area (Å²) in [5, 5.41) is 8.98. The van der Waals surface area contributed by atoms with Gasteiger partial charge in [-0.05, 0) is 31.1 Å². The van der Waals surface area contributed by atoms with Gasteiger partial charge in [0.15, 0.2) is 0 Å². The van der Waals surface area contributed by atoms with E-state index >= 15 is 0 Å². The number of nitrogens with two attached hydrogens (primary N) is 1. The fourth-order valence-electron chi connectivity index (χ4n) is 2.73. The van der Waals surface area contributed by atoms with E-state index in [1.807, 2.05) is 0 Å². The van der Waals surface area contributed by atoms with Crippen LogP contribution < -0.4 is 5.73 Å². The Kier molecular flexibility index (Phi) is 1.46. The average Bonchev–Trinajstić information content (AvgIpc) is 2.46. The summed E-state index contributed by atoms with van der Waals surface area (Å²) >= 11 is 0. The first-order chi connectivity index (χ1) is 4.83. The third-order valence-corrected chi connectivity index (χ3v) is 3.37. The van der Waals surface area contributed by atoms with Crippen LogP contribution in [0.2, 0.25) is 0 Å². The molecule has 0 aromatic heterocycles. The second kappa shape index (κ2) is 2.21. The maximum absolute atomic E-state index is 8.98. The van der Waals surface area contributed by atoms with E-state index < -0.39 is 0 Å². The predicted molar refractivity (Wildman–Crippen MR) is 39.4 cm³/mol. The summed E-state index contributed by atoms with van der Waals surface area (Å²) in [5.74, 6) is 1.92. The molecule has 0 aliphatic heterocycles. The fraction of sp³-hybridized carbons (Fsp3) is 1.00. The lowest BCUT2D eigenvalue weighted by molar-refractivity contribution is 0.159. The van der Waals surface area contributed by atoms with Crippen LogP contribution in [0.15, 0.2) is 0 Å². The van der Waals surface area contributed by atoms with Gasteiger partial charge in [0, 0.05) is 18.6 Å². The van der Waals surface area contributed by atoms with E-state index in [9.17, 15) is 0 Å². The van der Waals surface area contributed by atoms with Gasteiger partial charge in [0.25, 0.3) is 0 Å². The van der Waals surface area contributed by atoms with Crippen molar-refractivity contribution in [3.8, 4) is 0 Å². The molecule has 2 fully saturated rings. The highest BCUT2D eigenvalue weighted by Gasteiger charge is 2.44. The summed E-state index contributed by atoms with van der Waals surface area (Å²) in [6.45, 7) is 0.308. The second-order valence-corrected chi connectivity index (χ2v) is 3.76. The molecule has 2 heteroatoms. The zero-order chi connectivity index (χ0) is 7.14. The second-order valence-electron chi connectivity index (χ2n) is 3.76. The van der Waals surface area contributed by atoms with Crippen LogP contribution in [0.25, 0.3) is 0 Å². The Balaban J connectivity index is 2.10. The molecular formula is C8H15NO. The van der Waals surface area contributed by atoms with Gasteiger partial charge in [-0.3, -0.25) is 0 Å². The smallest absolute Gasteiger partial charge is 0.0476 e. The van der Waals surface area contributed by atoms with Crippen molar-refractivity contribution >= 4 is 0 Å². The summed E-state index contributed by atoms with van der Waals surface area (Å²) in [6.07, 6.45) is 3.90. The molecular weight excluding hydrogens is 126 g/mol. The van der Waals surface area contributed by atoms with Gasteiger partial charge in [-0.15, -0.1) is 0 Å². The monoisotopic (exact) mass is 141 g/mol. The van der Waals surface area contributed by atoms with Crippen molar-refractivity contribution in [3.63, 3.8) is 0 Å². The van der Waals surface area contributed by atoms with Crippen molar-refractivity contribution < 1.29 is 5.11 Å². The Morgan fingerprint density at radius 3 is 2.40 bits per heavy atom. The molecule has 0 aromatic rings. The molecule has 4 atom stereocenters. The Bertz CT molecular complexity index is 135. The molecule has 0 saturated heterocycles. The van der Waals surface area contributed by atoms with E-state index in [1.54, 1.807) is 0 Å². The van der Waals surface area contributed by atoms with Crippen LogP contribution in [-0.4, -0.2) is 17.8 Å². The highest BCUT2D eigenvalue weighted by molar-refractivity contribution is 4.98. The topological polar surface area (TPSA) is 46.2 Å². The van der Waals surface area contributed by atoms with Gasteiger partial charge >= 0.3 is 0 Å². The molecule has 3 N–H and O–H groups in total. The standard InChI is InChI=1S/C8H15NO/c9-8-6-2-1-5(3-6)7(8)4-10/h5-8,10H,1-4,9H2/t5-,6+,7+,8-/m0/s1. The van der Waals surface area contributed by atoms with Gasteiger partial charge in [-0.2, -0.15) is 0 Å². The normalized spacial score (nSPS) is 52.2. The quantitative estimate of drug-likeness (QED) is 0.553. The zero-order valence-electron chi connectivity index (χ0n) is 6.16. The molecule has 2 aliphatic carbocycles. The zero-order valence-corrected chi connectivity index (χ0v) is 6.16. The molecule has 0 heterocycles. The molecule has 0 unspecified atom stereocenters. The number of aliphatic hydroxyl groups excluding tert-OH is 1. The number of aliphatic hydroxyl groups is 1. The number of hydrogen-bond acceptors (Lipinski definition) is 2. The largest absolute Gasteiger partial charge is 0.396 e. The first-order valence-corrected chi connectivity index (χ1v) is 4.19. The lowest BCUT2D eigenvalue weighted by Crippen LogP contribution is -2.37. The van der Waals surface area contributed by atoms with Crippen molar-refractivity contribution in [2.45, 2.75) is 25.3 Å². The molecule has 58 valence electrons. The van der Waals surface area contributed by atoms with Gasteiger partial charge in [0.2, 0.25) is 0 Å². The SMILES string of the molecule is N[C@H]1[C@@H]2CC[C@@H](C2)[C@H]1CO. The van der Waals surface area contributed by atoms with Crippen molar-refractivity contribution in [1.29, 1.82) is 0 Å². The third-order valence-electron chi connectivity index (χ3n) is 3.37. The van der Waals surface area contributed by atoms with Crippen LogP contribution in [0, 0.1) is 17.8 Å². The maximum Gasteiger partial charge on any atom is 0.0476 e.